The highest BCUT2D eigenvalue weighted by atomic mass is 19.1. The number of aromatic nitrogens is 2. The molecule has 0 aliphatic carbocycles. The molecule has 0 unspecified atom stereocenters. The van der Waals surface area contributed by atoms with Crippen LogP contribution in [0.15, 0.2) is 52.2 Å². The van der Waals surface area contributed by atoms with E-state index in [4.69, 9.17) is 11.2 Å². The fourth-order valence-electron chi connectivity index (χ4n) is 2.75. The average molecular weight is 408 g/mol. The minimum Gasteiger partial charge on any atom is -0.451 e. The molecule has 3 aromatic rings. The van der Waals surface area contributed by atoms with Gasteiger partial charge in [0, 0.05) is 31.4 Å². The van der Waals surface area contributed by atoms with Crippen molar-refractivity contribution in [3.63, 3.8) is 0 Å². The summed E-state index contributed by atoms with van der Waals surface area (Å²) in [6.07, 6.45) is 6.59. The van der Waals surface area contributed by atoms with Crippen LogP contribution in [0.1, 0.15) is 0 Å². The first kappa shape index (κ1) is 20.4. The summed E-state index contributed by atoms with van der Waals surface area (Å²) in [4.78, 5) is 39.0. The molecule has 0 atom stereocenters. The molecule has 2 aromatic heterocycles. The first-order valence-corrected chi connectivity index (χ1v) is 8.69. The molecule has 1 amide bonds. The second-order valence-corrected chi connectivity index (χ2v) is 6.22. The lowest BCUT2D eigenvalue weighted by Crippen LogP contribution is -2.20. The van der Waals surface area contributed by atoms with Crippen molar-refractivity contribution in [3.05, 3.63) is 69.1 Å². The molecule has 0 aliphatic rings. The van der Waals surface area contributed by atoms with Gasteiger partial charge in [0.25, 0.3) is 11.1 Å². The SMILES string of the molecule is C#CC(=O)Nc1cc(-c2cc(NC)c(=O)n(C)c2)c(Oc2ccc(F)cc2)c(=O)[nH]1. The number of halogens is 1. The Balaban J connectivity index is 2.21. The summed E-state index contributed by atoms with van der Waals surface area (Å²) in [5.41, 5.74) is 0.0950. The van der Waals surface area contributed by atoms with Crippen molar-refractivity contribution in [2.24, 2.45) is 7.05 Å². The summed E-state index contributed by atoms with van der Waals surface area (Å²) in [7, 11) is 3.15. The number of ether oxygens (including phenoxy) is 1. The number of amides is 1. The molecule has 0 saturated heterocycles. The lowest BCUT2D eigenvalue weighted by atomic mass is 10.1. The van der Waals surface area contributed by atoms with Gasteiger partial charge in [0.1, 0.15) is 23.1 Å². The van der Waals surface area contributed by atoms with E-state index in [2.05, 4.69) is 15.6 Å². The van der Waals surface area contributed by atoms with Crippen LogP contribution in [0.2, 0.25) is 0 Å². The van der Waals surface area contributed by atoms with Gasteiger partial charge in [-0.25, -0.2) is 4.39 Å². The lowest BCUT2D eigenvalue weighted by Gasteiger charge is -2.14. The van der Waals surface area contributed by atoms with E-state index in [0.717, 1.165) is 0 Å². The molecule has 0 saturated carbocycles. The Kier molecular flexibility index (Phi) is 5.69. The van der Waals surface area contributed by atoms with Gasteiger partial charge in [0.05, 0.1) is 0 Å². The number of anilines is 2. The van der Waals surface area contributed by atoms with Crippen LogP contribution in [-0.2, 0) is 11.8 Å². The number of hydrogen-bond acceptors (Lipinski definition) is 5. The maximum atomic E-state index is 13.2. The van der Waals surface area contributed by atoms with E-state index >= 15 is 0 Å². The molecule has 2 heterocycles. The largest absolute Gasteiger partial charge is 0.451 e. The number of aryl methyl sites for hydroxylation is 1. The number of benzene rings is 1. The molecule has 0 radical (unpaired) electrons. The summed E-state index contributed by atoms with van der Waals surface area (Å²) in [6, 6.07) is 8.11. The van der Waals surface area contributed by atoms with Crippen LogP contribution in [-0.4, -0.2) is 22.5 Å². The predicted octanol–water partition coefficient (Wildman–Crippen LogP) is 2.29. The molecule has 3 N–H and O–H groups in total. The number of H-pyrrole nitrogens is 1. The number of pyridine rings is 2. The van der Waals surface area contributed by atoms with E-state index in [-0.39, 0.29) is 34.1 Å². The third kappa shape index (κ3) is 4.23. The number of nitrogens with zero attached hydrogens (tertiary/aromatic N) is 1. The summed E-state index contributed by atoms with van der Waals surface area (Å²) in [5.74, 6) is 0.844. The van der Waals surface area contributed by atoms with Gasteiger partial charge in [-0.2, -0.15) is 0 Å². The summed E-state index contributed by atoms with van der Waals surface area (Å²) >= 11 is 0. The Hall–Kier alpha value is -4.32. The molecule has 152 valence electrons. The van der Waals surface area contributed by atoms with E-state index in [0.29, 0.717) is 5.56 Å². The predicted molar refractivity (Wildman–Crippen MR) is 111 cm³/mol. The number of aromatic amines is 1. The van der Waals surface area contributed by atoms with Crippen molar-refractivity contribution in [2.45, 2.75) is 0 Å². The fraction of sp³-hybridized carbons (Fsp3) is 0.0952. The van der Waals surface area contributed by atoms with Crippen molar-refractivity contribution >= 4 is 17.4 Å². The smallest absolute Gasteiger partial charge is 0.301 e. The second-order valence-electron chi connectivity index (χ2n) is 6.22. The normalized spacial score (nSPS) is 10.2. The minimum absolute atomic E-state index is 0.0456. The standard InChI is InChI=1S/C21H17FN4O4/c1-4-18(27)24-17-10-15(12-9-16(23-2)21(29)26(3)11-12)19(20(28)25-17)30-14-7-5-13(22)6-8-14/h1,5-11,23H,2-3H3,(H2,24,25,27,28). The topological polar surface area (TPSA) is 105 Å². The first-order chi connectivity index (χ1) is 14.3. The van der Waals surface area contributed by atoms with E-state index in [9.17, 15) is 18.8 Å². The van der Waals surface area contributed by atoms with Crippen LogP contribution in [0.3, 0.4) is 0 Å². The Labute approximate surface area is 170 Å². The van der Waals surface area contributed by atoms with Gasteiger partial charge in [-0.05, 0) is 42.3 Å². The van der Waals surface area contributed by atoms with Crippen LogP contribution in [0.5, 0.6) is 11.5 Å². The zero-order chi connectivity index (χ0) is 21.8. The Morgan fingerprint density at radius 1 is 1.23 bits per heavy atom. The van der Waals surface area contributed by atoms with E-state index < -0.39 is 17.3 Å². The molecule has 9 heteroatoms. The molecule has 30 heavy (non-hydrogen) atoms. The molecule has 0 spiro atoms. The highest BCUT2D eigenvalue weighted by molar-refractivity contribution is 6.03. The second kappa shape index (κ2) is 8.36. The molecule has 0 fully saturated rings. The van der Waals surface area contributed by atoms with Crippen LogP contribution in [0.25, 0.3) is 11.1 Å². The Morgan fingerprint density at radius 2 is 1.93 bits per heavy atom. The van der Waals surface area contributed by atoms with Gasteiger partial charge in [0.2, 0.25) is 0 Å². The number of nitrogens with one attached hydrogen (secondary N) is 3. The van der Waals surface area contributed by atoms with Gasteiger partial charge in [-0.15, -0.1) is 6.42 Å². The van der Waals surface area contributed by atoms with Crippen LogP contribution in [0.4, 0.5) is 15.9 Å². The van der Waals surface area contributed by atoms with E-state index in [1.54, 1.807) is 20.2 Å². The maximum absolute atomic E-state index is 13.2. The van der Waals surface area contributed by atoms with Gasteiger partial charge < -0.3 is 24.9 Å². The lowest BCUT2D eigenvalue weighted by molar-refractivity contribution is -0.111. The summed E-state index contributed by atoms with van der Waals surface area (Å²) in [6.45, 7) is 0. The Bertz CT molecular complexity index is 1270. The van der Waals surface area contributed by atoms with Crippen LogP contribution >= 0.6 is 0 Å². The van der Waals surface area contributed by atoms with Crippen molar-refractivity contribution < 1.29 is 13.9 Å². The highest BCUT2D eigenvalue weighted by Gasteiger charge is 2.17. The van der Waals surface area contributed by atoms with Crippen molar-refractivity contribution in [2.75, 3.05) is 17.7 Å². The van der Waals surface area contributed by atoms with Crippen molar-refractivity contribution in [1.29, 1.82) is 0 Å². The maximum Gasteiger partial charge on any atom is 0.301 e. The Morgan fingerprint density at radius 3 is 2.57 bits per heavy atom. The van der Waals surface area contributed by atoms with Crippen LogP contribution < -0.4 is 26.5 Å². The first-order valence-electron chi connectivity index (χ1n) is 8.69. The minimum atomic E-state index is -0.750. The molecule has 3 rings (SSSR count). The third-order valence-electron chi connectivity index (χ3n) is 4.16. The van der Waals surface area contributed by atoms with E-state index in [1.807, 2.05) is 5.92 Å². The molecular formula is C21H17FN4O4. The van der Waals surface area contributed by atoms with Crippen LogP contribution in [0, 0.1) is 18.2 Å². The van der Waals surface area contributed by atoms with Gasteiger partial charge in [-0.3, -0.25) is 14.4 Å². The molecule has 1 aromatic carbocycles. The quantitative estimate of drug-likeness (QED) is 0.562. The van der Waals surface area contributed by atoms with Crippen molar-refractivity contribution in [3.8, 4) is 35.0 Å². The van der Waals surface area contributed by atoms with Gasteiger partial charge in [-0.1, -0.05) is 0 Å². The summed E-state index contributed by atoms with van der Waals surface area (Å²) in [5, 5.41) is 5.17. The van der Waals surface area contributed by atoms with Gasteiger partial charge >= 0.3 is 5.91 Å². The summed E-state index contributed by atoms with van der Waals surface area (Å²) < 4.78 is 20.2. The van der Waals surface area contributed by atoms with Crippen molar-refractivity contribution in [1.82, 2.24) is 9.55 Å². The molecular weight excluding hydrogens is 391 g/mol. The fourth-order valence-corrected chi connectivity index (χ4v) is 2.75. The number of carbonyl (C=O) groups is 1. The number of carbonyl (C=O) groups excluding carboxylic acids is 1. The molecule has 0 bridgehead atoms. The number of rotatable bonds is 5. The molecule has 8 nitrogen and oxygen atoms in total. The zero-order valence-electron chi connectivity index (χ0n) is 16.1. The average Bonchev–Trinajstić information content (AvgIpc) is 2.73. The third-order valence-corrected chi connectivity index (χ3v) is 4.16. The van der Waals surface area contributed by atoms with Gasteiger partial charge in [0.15, 0.2) is 5.75 Å². The molecule has 0 aliphatic heterocycles. The monoisotopic (exact) mass is 408 g/mol. The number of hydrogen-bond donors (Lipinski definition) is 3. The van der Waals surface area contributed by atoms with E-state index in [1.165, 1.54) is 41.1 Å². The zero-order valence-corrected chi connectivity index (χ0v) is 16.1. The number of terminal acetylenes is 1. The highest BCUT2D eigenvalue weighted by Crippen LogP contribution is 2.32.